The number of carbonyl (C=O) groups excluding carboxylic acids is 1. The Bertz CT molecular complexity index is 595. The van der Waals surface area contributed by atoms with E-state index in [1.54, 1.807) is 17.2 Å². The van der Waals surface area contributed by atoms with Gasteiger partial charge in [-0.1, -0.05) is 36.8 Å². The molecular formula is C21H28O. The van der Waals surface area contributed by atoms with Crippen molar-refractivity contribution >= 4 is 6.29 Å². The van der Waals surface area contributed by atoms with Gasteiger partial charge in [0.1, 0.15) is 6.29 Å². The maximum Gasteiger partial charge on any atom is 0.143 e. The van der Waals surface area contributed by atoms with Gasteiger partial charge in [-0.25, -0.2) is 0 Å². The largest absolute Gasteiger partial charge is 0.299 e. The van der Waals surface area contributed by atoms with Crippen molar-refractivity contribution in [3.05, 3.63) is 58.2 Å². The zero-order valence-corrected chi connectivity index (χ0v) is 14.4. The molecule has 0 fully saturated rings. The highest BCUT2D eigenvalue weighted by Gasteiger charge is 2.34. The van der Waals surface area contributed by atoms with Crippen LogP contribution in [0.3, 0.4) is 0 Å². The molecule has 1 heteroatoms. The molecule has 2 rings (SSSR count). The third-order valence-electron chi connectivity index (χ3n) is 5.20. The number of rotatable bonds is 4. The molecule has 0 radical (unpaired) electrons. The zero-order valence-electron chi connectivity index (χ0n) is 14.4. The fourth-order valence-corrected chi connectivity index (χ4v) is 3.67. The quantitative estimate of drug-likeness (QED) is 0.361. The number of carbonyl (C=O) groups is 1. The Labute approximate surface area is 135 Å². The van der Waals surface area contributed by atoms with E-state index >= 15 is 0 Å². The van der Waals surface area contributed by atoms with Crippen LogP contribution in [-0.4, -0.2) is 6.29 Å². The molecular weight excluding hydrogens is 268 g/mol. The third kappa shape index (κ3) is 3.76. The van der Waals surface area contributed by atoms with Gasteiger partial charge in [0.2, 0.25) is 0 Å². The average Bonchev–Trinajstić information content (AvgIpc) is 2.47. The van der Waals surface area contributed by atoms with E-state index in [0.717, 1.165) is 11.9 Å². The number of hydrogen-bond acceptors (Lipinski definition) is 1. The molecule has 0 saturated carbocycles. The summed E-state index contributed by atoms with van der Waals surface area (Å²) in [4.78, 5) is 10.4. The molecule has 0 aromatic carbocycles. The highest BCUT2D eigenvalue weighted by atomic mass is 16.1. The Morgan fingerprint density at radius 1 is 1.18 bits per heavy atom. The average molecular weight is 296 g/mol. The minimum Gasteiger partial charge on any atom is -0.299 e. The molecule has 118 valence electrons. The summed E-state index contributed by atoms with van der Waals surface area (Å²) in [6.45, 7) is 8.87. The van der Waals surface area contributed by atoms with Gasteiger partial charge in [-0.3, -0.25) is 4.79 Å². The first kappa shape index (κ1) is 16.7. The van der Waals surface area contributed by atoms with Gasteiger partial charge in [0.05, 0.1) is 0 Å². The van der Waals surface area contributed by atoms with Crippen LogP contribution in [0.4, 0.5) is 0 Å². The van der Waals surface area contributed by atoms with E-state index in [2.05, 4.69) is 32.9 Å². The van der Waals surface area contributed by atoms with Crippen LogP contribution in [0.5, 0.6) is 0 Å². The molecule has 0 aromatic heterocycles. The molecule has 0 unspecified atom stereocenters. The molecule has 2 aliphatic rings. The lowest BCUT2D eigenvalue weighted by atomic mass is 9.65. The molecule has 1 nitrogen and oxygen atoms in total. The van der Waals surface area contributed by atoms with E-state index in [9.17, 15) is 4.79 Å². The van der Waals surface area contributed by atoms with E-state index in [4.69, 9.17) is 0 Å². The SMILES string of the molecule is CC1=C2C=C(\C(C)=C/C=C/C(C)=C/C=O)CC[C@@]2(C)CCC1. The molecule has 0 N–H and O–H groups in total. The van der Waals surface area contributed by atoms with Crippen LogP contribution < -0.4 is 0 Å². The summed E-state index contributed by atoms with van der Waals surface area (Å²) >= 11 is 0. The molecule has 0 amide bonds. The van der Waals surface area contributed by atoms with Crippen LogP contribution in [0.1, 0.15) is 59.8 Å². The van der Waals surface area contributed by atoms with Crippen molar-refractivity contribution in [1.82, 2.24) is 0 Å². The molecule has 0 bridgehead atoms. The highest BCUT2D eigenvalue weighted by molar-refractivity contribution is 5.67. The number of allylic oxidation sites excluding steroid dienone is 10. The number of fused-ring (bicyclic) bond motifs is 1. The second kappa shape index (κ2) is 7.09. The minimum absolute atomic E-state index is 0.408. The van der Waals surface area contributed by atoms with E-state index in [-0.39, 0.29) is 0 Å². The van der Waals surface area contributed by atoms with Gasteiger partial charge in [0.15, 0.2) is 0 Å². The zero-order chi connectivity index (χ0) is 16.2. The standard InChI is InChI=1S/C21H28O/c1-16(11-14-22)7-5-8-17(2)19-10-13-21(4)12-6-9-18(3)20(21)15-19/h5,7-8,11,14-15H,6,9-10,12-13H2,1-4H3/b7-5+,16-11+,17-8-/t21-/m1/s1. The fraction of sp³-hybridized carbons (Fsp3) is 0.476. The van der Waals surface area contributed by atoms with Crippen molar-refractivity contribution < 1.29 is 4.79 Å². The van der Waals surface area contributed by atoms with Gasteiger partial charge >= 0.3 is 0 Å². The molecule has 22 heavy (non-hydrogen) atoms. The molecule has 0 heterocycles. The van der Waals surface area contributed by atoms with Gasteiger partial charge in [-0.05, 0) is 86.7 Å². The van der Waals surface area contributed by atoms with Crippen LogP contribution in [0.15, 0.2) is 58.2 Å². The van der Waals surface area contributed by atoms with Crippen molar-refractivity contribution in [1.29, 1.82) is 0 Å². The van der Waals surface area contributed by atoms with Crippen molar-refractivity contribution in [2.24, 2.45) is 5.41 Å². The predicted molar refractivity (Wildman–Crippen MR) is 94.7 cm³/mol. The molecule has 0 spiro atoms. The van der Waals surface area contributed by atoms with Gasteiger partial charge in [-0.2, -0.15) is 0 Å². The normalized spacial score (nSPS) is 27.0. The first-order valence-corrected chi connectivity index (χ1v) is 8.34. The molecule has 2 aliphatic carbocycles. The second-order valence-corrected chi connectivity index (χ2v) is 7.03. The summed E-state index contributed by atoms with van der Waals surface area (Å²) < 4.78 is 0. The van der Waals surface area contributed by atoms with E-state index in [1.165, 1.54) is 43.3 Å². The van der Waals surface area contributed by atoms with Crippen molar-refractivity contribution in [3.8, 4) is 0 Å². The van der Waals surface area contributed by atoms with Crippen LogP contribution in [0, 0.1) is 5.41 Å². The summed E-state index contributed by atoms with van der Waals surface area (Å²) in [6.07, 6.45) is 17.4. The molecule has 1 atom stereocenters. The first-order valence-electron chi connectivity index (χ1n) is 8.34. The molecule has 0 saturated heterocycles. The van der Waals surface area contributed by atoms with Gasteiger partial charge in [0, 0.05) is 0 Å². The summed E-state index contributed by atoms with van der Waals surface area (Å²) in [5.74, 6) is 0. The Balaban J connectivity index is 2.21. The summed E-state index contributed by atoms with van der Waals surface area (Å²) in [6, 6.07) is 0. The van der Waals surface area contributed by atoms with Crippen molar-refractivity contribution in [3.63, 3.8) is 0 Å². The van der Waals surface area contributed by atoms with E-state index < -0.39 is 0 Å². The predicted octanol–water partition coefficient (Wildman–Crippen LogP) is 5.86. The van der Waals surface area contributed by atoms with Gasteiger partial charge in [-0.15, -0.1) is 0 Å². The first-order chi connectivity index (χ1) is 10.5. The maximum absolute atomic E-state index is 10.4. The molecule has 0 aromatic rings. The third-order valence-corrected chi connectivity index (χ3v) is 5.20. The van der Waals surface area contributed by atoms with Crippen LogP contribution in [-0.2, 0) is 4.79 Å². The van der Waals surface area contributed by atoms with E-state index in [0.29, 0.717) is 5.41 Å². The number of aldehydes is 1. The maximum atomic E-state index is 10.4. The summed E-state index contributed by atoms with van der Waals surface area (Å²) in [5.41, 5.74) is 7.37. The Morgan fingerprint density at radius 3 is 2.68 bits per heavy atom. The topological polar surface area (TPSA) is 17.1 Å². The van der Waals surface area contributed by atoms with Gasteiger partial charge in [0.25, 0.3) is 0 Å². The minimum atomic E-state index is 0.408. The van der Waals surface area contributed by atoms with Gasteiger partial charge < -0.3 is 0 Å². The lowest BCUT2D eigenvalue weighted by Gasteiger charge is -2.40. The van der Waals surface area contributed by atoms with Crippen LogP contribution in [0.25, 0.3) is 0 Å². The summed E-state index contributed by atoms with van der Waals surface area (Å²) in [7, 11) is 0. The van der Waals surface area contributed by atoms with E-state index in [1.807, 2.05) is 19.1 Å². The Morgan fingerprint density at radius 2 is 1.95 bits per heavy atom. The second-order valence-electron chi connectivity index (χ2n) is 7.03. The lowest BCUT2D eigenvalue weighted by Crippen LogP contribution is -2.26. The number of hydrogen-bond donors (Lipinski definition) is 0. The smallest absolute Gasteiger partial charge is 0.143 e. The Kier molecular flexibility index (Phi) is 5.39. The van der Waals surface area contributed by atoms with Crippen molar-refractivity contribution in [2.75, 3.05) is 0 Å². The van der Waals surface area contributed by atoms with Crippen molar-refractivity contribution in [2.45, 2.75) is 59.8 Å². The van der Waals surface area contributed by atoms with Crippen LogP contribution >= 0.6 is 0 Å². The highest BCUT2D eigenvalue weighted by Crippen LogP contribution is 2.49. The summed E-state index contributed by atoms with van der Waals surface area (Å²) in [5, 5.41) is 0. The Hall–Kier alpha value is -1.63. The lowest BCUT2D eigenvalue weighted by molar-refractivity contribution is -0.104. The molecule has 0 aliphatic heterocycles. The monoisotopic (exact) mass is 296 g/mol. The fourth-order valence-electron chi connectivity index (χ4n) is 3.67. The van der Waals surface area contributed by atoms with Crippen LogP contribution in [0.2, 0.25) is 0 Å².